The lowest BCUT2D eigenvalue weighted by molar-refractivity contribution is 0.457. The summed E-state index contributed by atoms with van der Waals surface area (Å²) in [4.78, 5) is 11.0. The van der Waals surface area contributed by atoms with Crippen molar-refractivity contribution < 1.29 is 8.42 Å². The van der Waals surface area contributed by atoms with Crippen LogP contribution in [-0.2, 0) is 9.84 Å². The molecule has 1 saturated carbocycles. The van der Waals surface area contributed by atoms with Crippen LogP contribution in [0.25, 0.3) is 0 Å². The molecule has 0 bridgehead atoms. The molecule has 1 aromatic rings. The largest absolute Gasteiger partial charge is 0.354 e. The van der Waals surface area contributed by atoms with Crippen LogP contribution < -0.4 is 4.90 Å². The molecule has 22 heavy (non-hydrogen) atoms. The van der Waals surface area contributed by atoms with Gasteiger partial charge in [-0.1, -0.05) is 25.4 Å². The van der Waals surface area contributed by atoms with Crippen molar-refractivity contribution in [1.82, 2.24) is 9.97 Å². The van der Waals surface area contributed by atoms with Gasteiger partial charge < -0.3 is 4.90 Å². The Morgan fingerprint density at radius 2 is 2.00 bits per heavy atom. The highest BCUT2D eigenvalue weighted by atomic mass is 35.5. The summed E-state index contributed by atoms with van der Waals surface area (Å²) in [7, 11) is -3.07. The highest BCUT2D eigenvalue weighted by Crippen LogP contribution is 2.40. The van der Waals surface area contributed by atoms with Crippen LogP contribution in [0.1, 0.15) is 51.3 Å². The van der Waals surface area contributed by atoms with Gasteiger partial charge in [-0.05, 0) is 25.7 Å². The number of halogens is 1. The van der Waals surface area contributed by atoms with Gasteiger partial charge in [0.1, 0.15) is 16.8 Å². The SMILES string of the molecule is CCC1(CC)CN(c2cc(Cl)nc(C3CC3)n2)CCS1(=O)=O. The number of anilines is 1. The first-order chi connectivity index (χ1) is 10.4. The van der Waals surface area contributed by atoms with Gasteiger partial charge in [0.2, 0.25) is 0 Å². The Bertz CT molecular complexity index is 669. The molecule has 3 rings (SSSR count). The summed E-state index contributed by atoms with van der Waals surface area (Å²) in [5.41, 5.74) is 0. The van der Waals surface area contributed by atoms with Crippen LogP contribution in [0.15, 0.2) is 6.07 Å². The van der Waals surface area contributed by atoms with E-state index in [9.17, 15) is 8.42 Å². The molecule has 1 aromatic heterocycles. The molecule has 1 aliphatic heterocycles. The molecule has 0 unspecified atom stereocenters. The molecule has 0 aromatic carbocycles. The summed E-state index contributed by atoms with van der Waals surface area (Å²) in [5, 5.41) is 0.443. The van der Waals surface area contributed by atoms with Gasteiger partial charge in [0.15, 0.2) is 9.84 Å². The van der Waals surface area contributed by atoms with Crippen molar-refractivity contribution in [1.29, 1.82) is 0 Å². The van der Waals surface area contributed by atoms with Gasteiger partial charge in [-0.2, -0.15) is 0 Å². The van der Waals surface area contributed by atoms with Crippen molar-refractivity contribution in [3.8, 4) is 0 Å². The van der Waals surface area contributed by atoms with Gasteiger partial charge in [-0.15, -0.1) is 0 Å². The van der Waals surface area contributed by atoms with Gasteiger partial charge in [0.25, 0.3) is 0 Å². The van der Waals surface area contributed by atoms with Gasteiger partial charge in [-0.3, -0.25) is 0 Å². The number of hydrogen-bond acceptors (Lipinski definition) is 5. The zero-order valence-corrected chi connectivity index (χ0v) is 14.6. The molecule has 2 fully saturated rings. The van der Waals surface area contributed by atoms with Crippen molar-refractivity contribution in [2.24, 2.45) is 0 Å². The Labute approximate surface area is 137 Å². The van der Waals surface area contributed by atoms with Gasteiger partial charge in [0.05, 0.1) is 10.5 Å². The van der Waals surface area contributed by atoms with E-state index in [4.69, 9.17) is 11.6 Å². The number of aromatic nitrogens is 2. The minimum absolute atomic E-state index is 0.176. The summed E-state index contributed by atoms with van der Waals surface area (Å²) in [6.45, 7) is 4.86. The van der Waals surface area contributed by atoms with Crippen LogP contribution >= 0.6 is 11.6 Å². The minimum Gasteiger partial charge on any atom is -0.354 e. The van der Waals surface area contributed by atoms with E-state index < -0.39 is 14.6 Å². The third kappa shape index (κ3) is 2.71. The number of sulfone groups is 1. The average molecular weight is 344 g/mol. The minimum atomic E-state index is -3.07. The maximum atomic E-state index is 12.5. The fraction of sp³-hybridized carbons (Fsp3) is 0.733. The Kier molecular flexibility index (Phi) is 4.10. The molecule has 0 radical (unpaired) electrons. The standard InChI is InChI=1S/C15H22ClN3O2S/c1-3-15(4-2)10-19(7-8-22(15,20)21)13-9-12(16)17-14(18-13)11-5-6-11/h9,11H,3-8,10H2,1-2H3. The second kappa shape index (κ2) is 5.64. The van der Waals surface area contributed by atoms with E-state index >= 15 is 0 Å². The Morgan fingerprint density at radius 1 is 1.32 bits per heavy atom. The van der Waals surface area contributed by atoms with Gasteiger partial charge in [-0.25, -0.2) is 18.4 Å². The Balaban J connectivity index is 1.93. The smallest absolute Gasteiger partial charge is 0.159 e. The molecule has 7 heteroatoms. The first-order valence-corrected chi connectivity index (χ1v) is 9.95. The second-order valence-electron chi connectivity index (χ2n) is 6.31. The third-order valence-electron chi connectivity index (χ3n) is 5.02. The van der Waals surface area contributed by atoms with Crippen molar-refractivity contribution >= 4 is 27.3 Å². The van der Waals surface area contributed by atoms with Crippen LogP contribution in [0.2, 0.25) is 5.15 Å². The maximum Gasteiger partial charge on any atom is 0.159 e. The number of rotatable bonds is 4. The van der Waals surface area contributed by atoms with Crippen molar-refractivity contribution in [2.45, 2.75) is 50.2 Å². The quantitative estimate of drug-likeness (QED) is 0.786. The van der Waals surface area contributed by atoms with Crippen LogP contribution in [0, 0.1) is 0 Å². The van der Waals surface area contributed by atoms with Crippen molar-refractivity contribution in [3.63, 3.8) is 0 Å². The zero-order chi connectivity index (χ0) is 16.0. The number of hydrogen-bond donors (Lipinski definition) is 0. The summed E-state index contributed by atoms with van der Waals surface area (Å²) in [6.07, 6.45) is 3.47. The van der Waals surface area contributed by atoms with E-state index in [1.165, 1.54) is 0 Å². The Hall–Kier alpha value is -0.880. The lowest BCUT2D eigenvalue weighted by atomic mass is 10.0. The van der Waals surface area contributed by atoms with E-state index in [2.05, 4.69) is 14.9 Å². The van der Waals surface area contributed by atoms with E-state index in [0.29, 0.717) is 37.0 Å². The maximum absolute atomic E-state index is 12.5. The average Bonchev–Trinajstić information content (AvgIpc) is 3.31. The molecule has 122 valence electrons. The summed E-state index contributed by atoms with van der Waals surface area (Å²) in [5.74, 6) is 2.17. The highest BCUT2D eigenvalue weighted by Gasteiger charge is 2.45. The molecule has 2 aliphatic rings. The van der Waals surface area contributed by atoms with Crippen LogP contribution in [0.5, 0.6) is 0 Å². The molecule has 0 N–H and O–H groups in total. The molecule has 2 heterocycles. The first kappa shape index (κ1) is 16.0. The third-order valence-corrected chi connectivity index (χ3v) is 7.96. The fourth-order valence-electron chi connectivity index (χ4n) is 3.19. The molecular formula is C15H22ClN3O2S. The van der Waals surface area contributed by atoms with Crippen molar-refractivity contribution in [3.05, 3.63) is 17.0 Å². The van der Waals surface area contributed by atoms with E-state index in [0.717, 1.165) is 24.5 Å². The molecule has 1 saturated heterocycles. The van der Waals surface area contributed by atoms with Crippen LogP contribution in [0.3, 0.4) is 0 Å². The summed E-state index contributed by atoms with van der Waals surface area (Å²) in [6, 6.07) is 1.75. The highest BCUT2D eigenvalue weighted by molar-refractivity contribution is 7.92. The van der Waals surface area contributed by atoms with Crippen LogP contribution in [0.4, 0.5) is 5.82 Å². The number of nitrogens with zero attached hydrogens (tertiary/aromatic N) is 3. The normalized spacial score (nSPS) is 23.5. The lowest BCUT2D eigenvalue weighted by Crippen LogP contribution is -2.56. The molecule has 5 nitrogen and oxygen atoms in total. The molecule has 0 spiro atoms. The van der Waals surface area contributed by atoms with Gasteiger partial charge >= 0.3 is 0 Å². The molecule has 0 amide bonds. The molecule has 1 aliphatic carbocycles. The van der Waals surface area contributed by atoms with E-state index in [1.54, 1.807) is 6.07 Å². The van der Waals surface area contributed by atoms with E-state index in [-0.39, 0.29) is 5.75 Å². The first-order valence-electron chi connectivity index (χ1n) is 7.92. The second-order valence-corrected chi connectivity index (χ2v) is 9.20. The van der Waals surface area contributed by atoms with Gasteiger partial charge in [0, 0.05) is 25.1 Å². The molecule has 0 atom stereocenters. The van der Waals surface area contributed by atoms with Crippen molar-refractivity contribution in [2.75, 3.05) is 23.7 Å². The summed E-state index contributed by atoms with van der Waals surface area (Å²) >= 11 is 6.14. The predicted molar refractivity (Wildman–Crippen MR) is 88.3 cm³/mol. The predicted octanol–water partition coefficient (Wildman–Crippen LogP) is 2.80. The van der Waals surface area contributed by atoms with E-state index in [1.807, 2.05) is 13.8 Å². The Morgan fingerprint density at radius 3 is 2.59 bits per heavy atom. The molecular weight excluding hydrogens is 322 g/mol. The topological polar surface area (TPSA) is 63.2 Å². The van der Waals surface area contributed by atoms with Crippen LogP contribution in [-0.4, -0.2) is 42.0 Å². The monoisotopic (exact) mass is 343 g/mol. The zero-order valence-electron chi connectivity index (χ0n) is 13.0. The summed E-state index contributed by atoms with van der Waals surface area (Å²) < 4.78 is 24.3. The fourth-order valence-corrected chi connectivity index (χ4v) is 5.50. The lowest BCUT2D eigenvalue weighted by Gasteiger charge is -2.42.